The summed E-state index contributed by atoms with van der Waals surface area (Å²) in [6.45, 7) is 4.97. The van der Waals surface area contributed by atoms with E-state index < -0.39 is 5.54 Å². The van der Waals surface area contributed by atoms with Crippen molar-refractivity contribution in [3.8, 4) is 0 Å². The maximum absolute atomic E-state index is 12.0. The second kappa shape index (κ2) is 6.43. The van der Waals surface area contributed by atoms with Crippen molar-refractivity contribution in [2.24, 2.45) is 11.7 Å². The van der Waals surface area contributed by atoms with E-state index in [1.165, 1.54) is 0 Å². The van der Waals surface area contributed by atoms with Gasteiger partial charge in [0.2, 0.25) is 5.91 Å². The second-order valence-corrected chi connectivity index (χ2v) is 7.18. The van der Waals surface area contributed by atoms with Gasteiger partial charge in [-0.2, -0.15) is 5.10 Å². The highest BCUT2D eigenvalue weighted by Crippen LogP contribution is 2.38. The van der Waals surface area contributed by atoms with Crippen molar-refractivity contribution in [3.63, 3.8) is 0 Å². The molecule has 1 amide bonds. The smallest absolute Gasteiger partial charge is 0.238 e. The van der Waals surface area contributed by atoms with Crippen LogP contribution >= 0.6 is 22.6 Å². The van der Waals surface area contributed by atoms with Crippen molar-refractivity contribution in [2.75, 3.05) is 0 Å². The van der Waals surface area contributed by atoms with Crippen LogP contribution < -0.4 is 11.1 Å². The Balaban J connectivity index is 2.06. The average Bonchev–Trinajstić information content (AvgIpc) is 2.93. The standard InChI is InChI=1S/C14H23IN4O/c1-10(2)18-14(13(16)20)6-3-4-11(14)5-7-19-9-12(15)8-17-19/h8-11,18H,3-7H2,1-2H3,(H2,16,20). The lowest BCUT2D eigenvalue weighted by Gasteiger charge is -2.35. The third-order valence-corrected chi connectivity index (χ3v) is 4.67. The lowest BCUT2D eigenvalue weighted by Crippen LogP contribution is -2.60. The van der Waals surface area contributed by atoms with Crippen LogP contribution in [-0.2, 0) is 11.3 Å². The molecule has 112 valence electrons. The summed E-state index contributed by atoms with van der Waals surface area (Å²) in [6.07, 6.45) is 7.77. The van der Waals surface area contributed by atoms with E-state index in [0.29, 0.717) is 5.92 Å². The highest BCUT2D eigenvalue weighted by Gasteiger charge is 2.47. The first-order valence-corrected chi connectivity index (χ1v) is 8.27. The molecule has 20 heavy (non-hydrogen) atoms. The van der Waals surface area contributed by atoms with E-state index in [-0.39, 0.29) is 11.9 Å². The van der Waals surface area contributed by atoms with Gasteiger partial charge in [0, 0.05) is 18.8 Å². The molecule has 1 fully saturated rings. The second-order valence-electron chi connectivity index (χ2n) is 5.93. The molecule has 0 saturated heterocycles. The lowest BCUT2D eigenvalue weighted by atomic mass is 9.83. The molecule has 2 unspecified atom stereocenters. The maximum atomic E-state index is 12.0. The van der Waals surface area contributed by atoms with Crippen molar-refractivity contribution in [2.45, 2.75) is 57.7 Å². The zero-order chi connectivity index (χ0) is 14.8. The van der Waals surface area contributed by atoms with Crippen molar-refractivity contribution >= 4 is 28.5 Å². The third kappa shape index (κ3) is 3.33. The van der Waals surface area contributed by atoms with Crippen molar-refractivity contribution in [1.29, 1.82) is 0 Å². The van der Waals surface area contributed by atoms with Crippen molar-refractivity contribution in [1.82, 2.24) is 15.1 Å². The molecule has 2 rings (SSSR count). The molecule has 1 aliphatic rings. The first-order chi connectivity index (χ1) is 9.44. The van der Waals surface area contributed by atoms with Gasteiger partial charge in [0.1, 0.15) is 5.54 Å². The van der Waals surface area contributed by atoms with E-state index in [1.54, 1.807) is 0 Å². The van der Waals surface area contributed by atoms with Crippen LogP contribution in [-0.4, -0.2) is 27.3 Å². The molecule has 1 aromatic rings. The van der Waals surface area contributed by atoms with Gasteiger partial charge < -0.3 is 11.1 Å². The van der Waals surface area contributed by atoms with Crippen LogP contribution in [0, 0.1) is 9.49 Å². The number of aromatic nitrogens is 2. The molecule has 0 radical (unpaired) electrons. The van der Waals surface area contributed by atoms with Crippen LogP contribution in [0.25, 0.3) is 0 Å². The molecular weight excluding hydrogens is 367 g/mol. The Kier molecular flexibility index (Phi) is 5.06. The normalized spacial score (nSPS) is 26.3. The zero-order valence-corrected chi connectivity index (χ0v) is 14.3. The molecule has 1 heterocycles. The van der Waals surface area contributed by atoms with Crippen LogP contribution in [0.2, 0.25) is 0 Å². The van der Waals surface area contributed by atoms with Gasteiger partial charge in [-0.15, -0.1) is 0 Å². The summed E-state index contributed by atoms with van der Waals surface area (Å²) in [7, 11) is 0. The summed E-state index contributed by atoms with van der Waals surface area (Å²) in [5.74, 6) is 0.0907. The first kappa shape index (κ1) is 15.8. The summed E-state index contributed by atoms with van der Waals surface area (Å²) in [5.41, 5.74) is 5.19. The Bertz CT molecular complexity index is 473. The molecule has 5 nitrogen and oxygen atoms in total. The van der Waals surface area contributed by atoms with Crippen LogP contribution in [0.15, 0.2) is 12.4 Å². The van der Waals surface area contributed by atoms with E-state index in [2.05, 4.69) is 46.9 Å². The Morgan fingerprint density at radius 1 is 1.70 bits per heavy atom. The molecule has 0 aromatic carbocycles. The van der Waals surface area contributed by atoms with Gasteiger partial charge in [-0.05, 0) is 61.6 Å². The molecule has 1 aromatic heterocycles. The molecule has 6 heteroatoms. The van der Waals surface area contributed by atoms with E-state index in [4.69, 9.17) is 5.73 Å². The fourth-order valence-electron chi connectivity index (χ4n) is 3.32. The van der Waals surface area contributed by atoms with Gasteiger partial charge in [-0.3, -0.25) is 9.48 Å². The fraction of sp³-hybridized carbons (Fsp3) is 0.714. The Hall–Kier alpha value is -0.630. The van der Waals surface area contributed by atoms with E-state index in [0.717, 1.165) is 35.8 Å². The van der Waals surface area contributed by atoms with Crippen LogP contribution in [0.5, 0.6) is 0 Å². The molecule has 0 spiro atoms. The highest BCUT2D eigenvalue weighted by molar-refractivity contribution is 14.1. The monoisotopic (exact) mass is 390 g/mol. The number of aryl methyl sites for hydroxylation is 1. The fourth-order valence-corrected chi connectivity index (χ4v) is 3.76. The quantitative estimate of drug-likeness (QED) is 0.729. The largest absolute Gasteiger partial charge is 0.368 e. The predicted molar refractivity (Wildman–Crippen MR) is 87.1 cm³/mol. The van der Waals surface area contributed by atoms with Crippen LogP contribution in [0.3, 0.4) is 0 Å². The predicted octanol–water partition coefficient (Wildman–Crippen LogP) is 1.90. The molecule has 2 atom stereocenters. The zero-order valence-electron chi connectivity index (χ0n) is 12.1. The summed E-state index contributed by atoms with van der Waals surface area (Å²) in [5, 5.41) is 7.74. The SMILES string of the molecule is CC(C)NC1(C(N)=O)CCCC1CCn1cc(I)cn1. The molecule has 0 bridgehead atoms. The maximum Gasteiger partial charge on any atom is 0.238 e. The lowest BCUT2D eigenvalue weighted by molar-refractivity contribution is -0.126. The number of primary amides is 1. The van der Waals surface area contributed by atoms with Gasteiger partial charge >= 0.3 is 0 Å². The average molecular weight is 390 g/mol. The number of amides is 1. The molecule has 3 N–H and O–H groups in total. The van der Waals surface area contributed by atoms with Crippen LogP contribution in [0.1, 0.15) is 39.5 Å². The van der Waals surface area contributed by atoms with Crippen molar-refractivity contribution in [3.05, 3.63) is 16.0 Å². The third-order valence-electron chi connectivity index (χ3n) is 4.11. The number of halogens is 1. The first-order valence-electron chi connectivity index (χ1n) is 7.19. The number of hydrogen-bond acceptors (Lipinski definition) is 3. The van der Waals surface area contributed by atoms with Gasteiger partial charge in [0.25, 0.3) is 0 Å². The topological polar surface area (TPSA) is 72.9 Å². The number of nitrogens with two attached hydrogens (primary N) is 1. The highest BCUT2D eigenvalue weighted by atomic mass is 127. The van der Waals surface area contributed by atoms with E-state index >= 15 is 0 Å². The number of nitrogens with zero attached hydrogens (tertiary/aromatic N) is 2. The van der Waals surface area contributed by atoms with Gasteiger partial charge in [-0.1, -0.05) is 6.42 Å². The summed E-state index contributed by atoms with van der Waals surface area (Å²) in [4.78, 5) is 12.0. The number of nitrogens with one attached hydrogen (secondary N) is 1. The van der Waals surface area contributed by atoms with E-state index in [9.17, 15) is 4.79 Å². The van der Waals surface area contributed by atoms with E-state index in [1.807, 2.05) is 17.1 Å². The molecular formula is C14H23IN4O. The number of hydrogen-bond donors (Lipinski definition) is 2. The Morgan fingerprint density at radius 3 is 3.00 bits per heavy atom. The number of rotatable bonds is 6. The number of carbonyl (C=O) groups excluding carboxylic acids is 1. The summed E-state index contributed by atoms with van der Waals surface area (Å²) < 4.78 is 3.08. The molecule has 1 saturated carbocycles. The van der Waals surface area contributed by atoms with Gasteiger partial charge in [-0.25, -0.2) is 0 Å². The van der Waals surface area contributed by atoms with Gasteiger partial charge in [0.05, 0.1) is 9.77 Å². The minimum absolute atomic E-state index is 0.205. The van der Waals surface area contributed by atoms with Crippen molar-refractivity contribution < 1.29 is 4.79 Å². The van der Waals surface area contributed by atoms with Crippen LogP contribution in [0.4, 0.5) is 0 Å². The minimum atomic E-state index is -0.533. The molecule has 1 aliphatic carbocycles. The summed E-state index contributed by atoms with van der Waals surface area (Å²) >= 11 is 2.25. The molecule has 0 aliphatic heterocycles. The Labute approximate surface area is 133 Å². The minimum Gasteiger partial charge on any atom is -0.368 e. The summed E-state index contributed by atoms with van der Waals surface area (Å²) in [6, 6.07) is 0.258. The Morgan fingerprint density at radius 2 is 2.45 bits per heavy atom. The number of carbonyl (C=O) groups is 1. The van der Waals surface area contributed by atoms with Gasteiger partial charge in [0.15, 0.2) is 0 Å².